The van der Waals surface area contributed by atoms with Crippen LogP contribution in [0.15, 0.2) is 30.3 Å². The molecular formula is C19H31N3O3. The van der Waals surface area contributed by atoms with Gasteiger partial charge in [0.25, 0.3) is 0 Å². The Bertz CT molecular complexity index is 587. The number of nitrogens with two attached hydrogens (primary N) is 2. The number of β-amino-alcohol motifs (C(OH)–C–C–N with tert-alkyl or cyclic N) is 1. The molecule has 140 valence electrons. The Kier molecular flexibility index (Phi) is 5.89. The number of carbonyl (C=O) groups excluding carboxylic acids is 1. The van der Waals surface area contributed by atoms with Gasteiger partial charge in [-0.05, 0) is 32.8 Å². The molecule has 0 saturated carbocycles. The highest BCUT2D eigenvalue weighted by Gasteiger charge is 2.54. The van der Waals surface area contributed by atoms with Crippen LogP contribution in [0.25, 0.3) is 0 Å². The summed E-state index contributed by atoms with van der Waals surface area (Å²) in [6.07, 6.45) is -0.707. The van der Waals surface area contributed by atoms with Crippen LogP contribution in [-0.4, -0.2) is 56.9 Å². The molecule has 0 radical (unpaired) electrons. The third-order valence-corrected chi connectivity index (χ3v) is 5.11. The van der Waals surface area contributed by atoms with Crippen molar-refractivity contribution in [3.8, 4) is 0 Å². The molecule has 4 atom stereocenters. The Morgan fingerprint density at radius 2 is 1.96 bits per heavy atom. The lowest BCUT2D eigenvalue weighted by Crippen LogP contribution is -2.62. The van der Waals surface area contributed by atoms with Crippen molar-refractivity contribution in [3.05, 3.63) is 35.9 Å². The summed E-state index contributed by atoms with van der Waals surface area (Å²) in [5, 5.41) is 20.9. The van der Waals surface area contributed by atoms with Gasteiger partial charge in [0.05, 0.1) is 12.2 Å². The summed E-state index contributed by atoms with van der Waals surface area (Å²) >= 11 is 0. The number of amides is 1. The highest BCUT2D eigenvalue weighted by molar-refractivity contribution is 5.85. The second-order valence-corrected chi connectivity index (χ2v) is 8.16. The summed E-state index contributed by atoms with van der Waals surface area (Å²) in [4.78, 5) is 14.3. The van der Waals surface area contributed by atoms with Gasteiger partial charge in [-0.15, -0.1) is 0 Å². The summed E-state index contributed by atoms with van der Waals surface area (Å²) in [5.41, 5.74) is 11.5. The average molecular weight is 349 g/mol. The Hall–Kier alpha value is -1.47. The van der Waals surface area contributed by atoms with Crippen molar-refractivity contribution < 1.29 is 15.0 Å². The van der Waals surface area contributed by atoms with Crippen molar-refractivity contribution in [2.24, 2.45) is 11.5 Å². The van der Waals surface area contributed by atoms with Gasteiger partial charge < -0.3 is 21.7 Å². The highest BCUT2D eigenvalue weighted by atomic mass is 16.3. The summed E-state index contributed by atoms with van der Waals surface area (Å²) < 4.78 is 0. The van der Waals surface area contributed by atoms with E-state index in [1.54, 1.807) is 0 Å². The highest BCUT2D eigenvalue weighted by Crippen LogP contribution is 2.39. The van der Waals surface area contributed by atoms with Crippen molar-refractivity contribution in [1.82, 2.24) is 4.90 Å². The minimum atomic E-state index is -1.09. The van der Waals surface area contributed by atoms with E-state index < -0.39 is 29.7 Å². The maximum Gasteiger partial charge on any atom is 0.238 e. The number of hydrogen-bond acceptors (Lipinski definition) is 5. The largest absolute Gasteiger partial charge is 0.392 e. The SMILES string of the molecule is CC(C)(C)N1C[C@H](O)C[C@@]1(C[C@@H](O)[C@@H](N)Cc1ccccc1)C(N)=O. The van der Waals surface area contributed by atoms with Crippen LogP contribution < -0.4 is 11.5 Å². The first kappa shape index (κ1) is 19.8. The zero-order valence-corrected chi connectivity index (χ0v) is 15.4. The van der Waals surface area contributed by atoms with Gasteiger partial charge >= 0.3 is 0 Å². The maximum atomic E-state index is 12.4. The van der Waals surface area contributed by atoms with Crippen molar-refractivity contribution in [2.75, 3.05) is 6.54 Å². The first-order chi connectivity index (χ1) is 11.6. The van der Waals surface area contributed by atoms with E-state index in [4.69, 9.17) is 11.5 Å². The third kappa shape index (κ3) is 4.39. The topological polar surface area (TPSA) is 113 Å². The summed E-state index contributed by atoms with van der Waals surface area (Å²) in [6, 6.07) is 9.17. The van der Waals surface area contributed by atoms with E-state index in [9.17, 15) is 15.0 Å². The molecular weight excluding hydrogens is 318 g/mol. The smallest absolute Gasteiger partial charge is 0.238 e. The molecule has 1 heterocycles. The molecule has 6 nitrogen and oxygen atoms in total. The van der Waals surface area contributed by atoms with E-state index in [0.29, 0.717) is 13.0 Å². The molecule has 1 aliphatic rings. The van der Waals surface area contributed by atoms with Crippen LogP contribution in [0.5, 0.6) is 0 Å². The monoisotopic (exact) mass is 349 g/mol. The van der Waals surface area contributed by atoms with Crippen LogP contribution in [-0.2, 0) is 11.2 Å². The van der Waals surface area contributed by atoms with Crippen molar-refractivity contribution in [1.29, 1.82) is 0 Å². The lowest BCUT2D eigenvalue weighted by molar-refractivity contribution is -0.134. The van der Waals surface area contributed by atoms with E-state index in [1.807, 2.05) is 56.0 Å². The molecule has 0 aromatic heterocycles. The first-order valence-corrected chi connectivity index (χ1v) is 8.79. The van der Waals surface area contributed by atoms with E-state index in [0.717, 1.165) is 5.56 Å². The fraction of sp³-hybridized carbons (Fsp3) is 0.632. The molecule has 25 heavy (non-hydrogen) atoms. The van der Waals surface area contributed by atoms with Gasteiger partial charge in [-0.2, -0.15) is 0 Å². The second-order valence-electron chi connectivity index (χ2n) is 8.16. The molecule has 0 spiro atoms. The van der Waals surface area contributed by atoms with E-state index >= 15 is 0 Å². The Morgan fingerprint density at radius 1 is 1.36 bits per heavy atom. The number of aliphatic hydroxyl groups excluding tert-OH is 2. The fourth-order valence-electron chi connectivity index (χ4n) is 3.91. The number of aliphatic hydroxyl groups is 2. The predicted molar refractivity (Wildman–Crippen MR) is 97.8 cm³/mol. The number of nitrogens with zero attached hydrogens (tertiary/aromatic N) is 1. The molecule has 0 bridgehead atoms. The number of primary amides is 1. The molecule has 6 heteroatoms. The normalized spacial score (nSPS) is 27.2. The molecule has 6 N–H and O–H groups in total. The van der Waals surface area contributed by atoms with Crippen LogP contribution in [0.3, 0.4) is 0 Å². The van der Waals surface area contributed by atoms with Gasteiger partial charge in [0.15, 0.2) is 0 Å². The predicted octanol–water partition coefficient (Wildman–Crippen LogP) is 0.397. The van der Waals surface area contributed by atoms with E-state index in [2.05, 4.69) is 0 Å². The third-order valence-electron chi connectivity index (χ3n) is 5.11. The van der Waals surface area contributed by atoms with Crippen molar-refractivity contribution >= 4 is 5.91 Å². The average Bonchev–Trinajstić information content (AvgIpc) is 2.86. The number of rotatable bonds is 6. The quantitative estimate of drug-likeness (QED) is 0.594. The maximum absolute atomic E-state index is 12.4. The number of carbonyl (C=O) groups is 1. The van der Waals surface area contributed by atoms with Crippen molar-refractivity contribution in [2.45, 2.75) is 69.4 Å². The zero-order valence-electron chi connectivity index (χ0n) is 15.4. The molecule has 1 amide bonds. The summed E-state index contributed by atoms with van der Waals surface area (Å²) in [5.74, 6) is -0.523. The minimum absolute atomic E-state index is 0.116. The Balaban J connectivity index is 2.19. The standard InChI is InChI=1S/C19H31N3O3/c1-18(2,3)22-12-14(23)10-19(22,17(21)25)11-16(24)15(20)9-13-7-5-4-6-8-13/h4-8,14-16,23-24H,9-12,20H2,1-3H3,(H2,21,25)/t14-,15+,16-,19-/m1/s1. The molecule has 2 rings (SSSR count). The molecule has 1 aromatic rings. The molecule has 1 fully saturated rings. The van der Waals surface area contributed by atoms with Crippen LogP contribution in [0.1, 0.15) is 39.2 Å². The first-order valence-electron chi connectivity index (χ1n) is 8.79. The van der Waals surface area contributed by atoms with Gasteiger partial charge in [-0.25, -0.2) is 0 Å². The Morgan fingerprint density at radius 3 is 2.48 bits per heavy atom. The van der Waals surface area contributed by atoms with E-state index in [1.165, 1.54) is 0 Å². The number of benzene rings is 1. The fourth-order valence-corrected chi connectivity index (χ4v) is 3.91. The van der Waals surface area contributed by atoms with Crippen molar-refractivity contribution in [3.63, 3.8) is 0 Å². The lowest BCUT2D eigenvalue weighted by Gasteiger charge is -2.45. The van der Waals surface area contributed by atoms with Gasteiger partial charge in [0.1, 0.15) is 5.54 Å². The van der Waals surface area contributed by atoms with Gasteiger partial charge in [-0.1, -0.05) is 30.3 Å². The molecule has 1 aliphatic heterocycles. The summed E-state index contributed by atoms with van der Waals surface area (Å²) in [6.45, 7) is 6.27. The zero-order chi connectivity index (χ0) is 18.8. The number of hydrogen-bond donors (Lipinski definition) is 4. The van der Waals surface area contributed by atoms with Gasteiger partial charge in [0, 0.05) is 31.0 Å². The van der Waals surface area contributed by atoms with Crippen LogP contribution >= 0.6 is 0 Å². The van der Waals surface area contributed by atoms with Crippen LogP contribution in [0, 0.1) is 0 Å². The van der Waals surface area contributed by atoms with Gasteiger partial charge in [-0.3, -0.25) is 9.69 Å². The molecule has 0 aliphatic carbocycles. The van der Waals surface area contributed by atoms with Crippen LogP contribution in [0.2, 0.25) is 0 Å². The van der Waals surface area contributed by atoms with E-state index in [-0.39, 0.29) is 18.4 Å². The van der Waals surface area contributed by atoms with Crippen LogP contribution in [0.4, 0.5) is 0 Å². The molecule has 1 aromatic carbocycles. The number of likely N-dealkylation sites (tertiary alicyclic amines) is 1. The van der Waals surface area contributed by atoms with Gasteiger partial charge in [0.2, 0.25) is 5.91 Å². The minimum Gasteiger partial charge on any atom is -0.392 e. The molecule has 1 saturated heterocycles. The Labute approximate surface area is 149 Å². The molecule has 0 unspecified atom stereocenters. The summed E-state index contributed by atoms with van der Waals surface area (Å²) in [7, 11) is 0. The lowest BCUT2D eigenvalue weighted by atomic mass is 9.82. The second kappa shape index (κ2) is 7.41.